The summed E-state index contributed by atoms with van der Waals surface area (Å²) >= 11 is 0. The van der Waals surface area contributed by atoms with Crippen LogP contribution in [0.5, 0.6) is 0 Å². The fourth-order valence-electron chi connectivity index (χ4n) is 1.81. The van der Waals surface area contributed by atoms with Crippen molar-refractivity contribution in [2.24, 2.45) is 5.92 Å². The number of hydrogen-bond acceptors (Lipinski definition) is 3. The van der Waals surface area contributed by atoms with Crippen molar-refractivity contribution >= 4 is 11.8 Å². The Hall–Kier alpha value is -2.63. The highest BCUT2D eigenvalue weighted by molar-refractivity contribution is 5.95. The number of amides is 2. The maximum absolute atomic E-state index is 11.9. The Kier molecular flexibility index (Phi) is 4.71. The molecule has 0 spiro atoms. The topological polar surface area (TPSA) is 76.0 Å². The standard InChI is InChI=1S/C15H18N4O2/c1-11(2)10-14(20)17-18-15(21)12-4-6-13(7-5-12)19-9-3-8-16-19/h3-9,11H,10H2,1-2H3,(H,17,20)(H,18,21). The van der Waals surface area contributed by atoms with Crippen molar-refractivity contribution < 1.29 is 9.59 Å². The number of hydrazine groups is 1. The molecule has 110 valence electrons. The van der Waals surface area contributed by atoms with Crippen LogP contribution in [0.4, 0.5) is 0 Å². The van der Waals surface area contributed by atoms with Crippen LogP contribution in [0.3, 0.4) is 0 Å². The molecule has 1 aromatic heterocycles. The summed E-state index contributed by atoms with van der Waals surface area (Å²) in [7, 11) is 0. The molecular weight excluding hydrogens is 268 g/mol. The Bertz CT molecular complexity index is 603. The second-order valence-corrected chi connectivity index (χ2v) is 5.10. The number of carbonyl (C=O) groups excluding carboxylic acids is 2. The van der Waals surface area contributed by atoms with Gasteiger partial charge in [-0.05, 0) is 36.2 Å². The highest BCUT2D eigenvalue weighted by Gasteiger charge is 2.08. The third kappa shape index (κ3) is 4.17. The van der Waals surface area contributed by atoms with Crippen LogP contribution in [0.15, 0.2) is 42.7 Å². The van der Waals surface area contributed by atoms with Crippen molar-refractivity contribution in [2.75, 3.05) is 0 Å². The third-order valence-corrected chi connectivity index (χ3v) is 2.81. The molecule has 2 N–H and O–H groups in total. The summed E-state index contributed by atoms with van der Waals surface area (Å²) < 4.78 is 1.70. The Labute approximate surface area is 123 Å². The first-order valence-electron chi connectivity index (χ1n) is 6.75. The Balaban J connectivity index is 1.93. The highest BCUT2D eigenvalue weighted by atomic mass is 16.2. The second kappa shape index (κ2) is 6.69. The quantitative estimate of drug-likeness (QED) is 0.840. The van der Waals surface area contributed by atoms with Crippen molar-refractivity contribution in [1.82, 2.24) is 20.6 Å². The molecule has 0 atom stereocenters. The van der Waals surface area contributed by atoms with Gasteiger partial charge in [-0.2, -0.15) is 5.10 Å². The van der Waals surface area contributed by atoms with Gasteiger partial charge in [0.2, 0.25) is 5.91 Å². The van der Waals surface area contributed by atoms with E-state index >= 15 is 0 Å². The van der Waals surface area contributed by atoms with E-state index in [1.165, 1.54) is 0 Å². The fourth-order valence-corrected chi connectivity index (χ4v) is 1.81. The lowest BCUT2D eigenvalue weighted by Crippen LogP contribution is -2.42. The van der Waals surface area contributed by atoms with Crippen molar-refractivity contribution in [3.05, 3.63) is 48.3 Å². The van der Waals surface area contributed by atoms with E-state index in [0.717, 1.165) is 5.69 Å². The Morgan fingerprint density at radius 1 is 1.19 bits per heavy atom. The van der Waals surface area contributed by atoms with E-state index in [1.807, 2.05) is 26.1 Å². The largest absolute Gasteiger partial charge is 0.273 e. The molecule has 0 aliphatic carbocycles. The molecule has 0 fully saturated rings. The van der Waals surface area contributed by atoms with Gasteiger partial charge >= 0.3 is 0 Å². The maximum Gasteiger partial charge on any atom is 0.269 e. The molecule has 6 heteroatoms. The van der Waals surface area contributed by atoms with Crippen molar-refractivity contribution in [3.8, 4) is 5.69 Å². The minimum Gasteiger partial charge on any atom is -0.273 e. The van der Waals surface area contributed by atoms with Crippen LogP contribution < -0.4 is 10.9 Å². The number of carbonyl (C=O) groups is 2. The molecule has 21 heavy (non-hydrogen) atoms. The van der Waals surface area contributed by atoms with Gasteiger partial charge in [-0.3, -0.25) is 20.4 Å². The minimum absolute atomic E-state index is 0.202. The lowest BCUT2D eigenvalue weighted by molar-refractivity contribution is -0.122. The van der Waals surface area contributed by atoms with Crippen LogP contribution in [0, 0.1) is 5.92 Å². The number of hydrogen-bond donors (Lipinski definition) is 2. The lowest BCUT2D eigenvalue weighted by Gasteiger charge is -2.09. The van der Waals surface area contributed by atoms with Gasteiger partial charge in [-0.15, -0.1) is 0 Å². The smallest absolute Gasteiger partial charge is 0.269 e. The van der Waals surface area contributed by atoms with Crippen molar-refractivity contribution in [3.63, 3.8) is 0 Å². The molecule has 2 rings (SSSR count). The number of rotatable bonds is 4. The Morgan fingerprint density at radius 3 is 2.48 bits per heavy atom. The molecule has 0 radical (unpaired) electrons. The van der Waals surface area contributed by atoms with Gasteiger partial charge in [-0.25, -0.2) is 4.68 Å². The average Bonchev–Trinajstić information content (AvgIpc) is 2.98. The van der Waals surface area contributed by atoms with Crippen molar-refractivity contribution in [1.29, 1.82) is 0 Å². The van der Waals surface area contributed by atoms with E-state index in [1.54, 1.807) is 35.1 Å². The summed E-state index contributed by atoms with van der Waals surface area (Å²) in [5, 5.41) is 4.11. The van der Waals surface area contributed by atoms with E-state index in [-0.39, 0.29) is 17.7 Å². The van der Waals surface area contributed by atoms with Gasteiger partial charge in [0.25, 0.3) is 5.91 Å². The molecule has 0 unspecified atom stereocenters. The summed E-state index contributed by atoms with van der Waals surface area (Å²) in [5.41, 5.74) is 6.13. The number of aromatic nitrogens is 2. The predicted molar refractivity (Wildman–Crippen MR) is 78.6 cm³/mol. The van der Waals surface area contributed by atoms with E-state index in [4.69, 9.17) is 0 Å². The normalized spacial score (nSPS) is 10.4. The van der Waals surface area contributed by atoms with E-state index in [0.29, 0.717) is 12.0 Å². The van der Waals surface area contributed by atoms with Gasteiger partial charge in [-0.1, -0.05) is 13.8 Å². The zero-order chi connectivity index (χ0) is 15.2. The summed E-state index contributed by atoms with van der Waals surface area (Å²) in [5.74, 6) is -0.305. The van der Waals surface area contributed by atoms with Crippen molar-refractivity contribution in [2.45, 2.75) is 20.3 Å². The van der Waals surface area contributed by atoms with Crippen LogP contribution >= 0.6 is 0 Å². The SMILES string of the molecule is CC(C)CC(=O)NNC(=O)c1ccc(-n2cccn2)cc1. The molecular formula is C15H18N4O2. The predicted octanol–water partition coefficient (Wildman–Crippen LogP) is 1.68. The average molecular weight is 286 g/mol. The number of nitrogens with zero attached hydrogens (tertiary/aromatic N) is 2. The van der Waals surface area contributed by atoms with Gasteiger partial charge in [0, 0.05) is 24.4 Å². The minimum atomic E-state index is -0.348. The molecule has 0 saturated heterocycles. The summed E-state index contributed by atoms with van der Waals surface area (Å²) in [6.07, 6.45) is 3.88. The Morgan fingerprint density at radius 2 is 1.90 bits per heavy atom. The fraction of sp³-hybridized carbons (Fsp3) is 0.267. The molecule has 0 bridgehead atoms. The van der Waals surface area contributed by atoms with Crippen LogP contribution in [0.2, 0.25) is 0 Å². The third-order valence-electron chi connectivity index (χ3n) is 2.81. The molecule has 0 aliphatic rings. The summed E-state index contributed by atoms with van der Waals surface area (Å²) in [6, 6.07) is 8.77. The highest BCUT2D eigenvalue weighted by Crippen LogP contribution is 2.08. The summed E-state index contributed by atoms with van der Waals surface area (Å²) in [6.45, 7) is 3.88. The molecule has 0 saturated carbocycles. The first kappa shape index (κ1) is 14.8. The first-order chi connectivity index (χ1) is 10.1. The van der Waals surface area contributed by atoms with Crippen LogP contribution in [0.1, 0.15) is 30.6 Å². The first-order valence-corrected chi connectivity index (χ1v) is 6.75. The molecule has 2 aromatic rings. The summed E-state index contributed by atoms with van der Waals surface area (Å²) in [4.78, 5) is 23.3. The molecule has 1 aromatic carbocycles. The van der Waals surface area contributed by atoms with Crippen LogP contribution in [-0.2, 0) is 4.79 Å². The van der Waals surface area contributed by atoms with E-state index in [2.05, 4.69) is 16.0 Å². The monoisotopic (exact) mass is 286 g/mol. The van der Waals surface area contributed by atoms with Gasteiger partial charge in [0.1, 0.15) is 0 Å². The van der Waals surface area contributed by atoms with E-state index < -0.39 is 0 Å². The zero-order valence-electron chi connectivity index (χ0n) is 12.0. The van der Waals surface area contributed by atoms with Crippen LogP contribution in [0.25, 0.3) is 5.69 Å². The number of benzene rings is 1. The van der Waals surface area contributed by atoms with E-state index in [9.17, 15) is 9.59 Å². The second-order valence-electron chi connectivity index (χ2n) is 5.10. The maximum atomic E-state index is 11.9. The zero-order valence-corrected chi connectivity index (χ0v) is 12.0. The lowest BCUT2D eigenvalue weighted by atomic mass is 10.1. The van der Waals surface area contributed by atoms with Gasteiger partial charge in [0.05, 0.1) is 5.69 Å². The molecule has 6 nitrogen and oxygen atoms in total. The molecule has 0 aliphatic heterocycles. The van der Waals surface area contributed by atoms with Gasteiger partial charge < -0.3 is 0 Å². The van der Waals surface area contributed by atoms with Crippen LogP contribution in [-0.4, -0.2) is 21.6 Å². The molecule has 1 heterocycles. The van der Waals surface area contributed by atoms with Gasteiger partial charge in [0.15, 0.2) is 0 Å². The molecule has 2 amide bonds. The number of nitrogens with one attached hydrogen (secondary N) is 2.